The third kappa shape index (κ3) is 4.89. The molecule has 0 aliphatic carbocycles. The number of hydrogen-bond donors (Lipinski definition) is 3. The number of amides is 1. The molecule has 0 saturated carbocycles. The fourth-order valence-electron chi connectivity index (χ4n) is 2.02. The fraction of sp³-hybridized carbons (Fsp3) is 0.667. The van der Waals surface area contributed by atoms with E-state index in [9.17, 15) is 4.79 Å². The lowest BCUT2D eigenvalue weighted by atomic mass is 9.84. The number of rotatable bonds is 4. The third-order valence-corrected chi connectivity index (χ3v) is 2.43. The molecule has 1 atom stereocenters. The van der Waals surface area contributed by atoms with Crippen LogP contribution in [0.4, 0.5) is 11.5 Å². The smallest absolute Gasteiger partial charge is 0.225 e. The molecule has 0 fully saturated rings. The first-order valence-corrected chi connectivity index (χ1v) is 5.86. The molecule has 17 heavy (non-hydrogen) atoms. The van der Waals surface area contributed by atoms with Crippen LogP contribution in [0.2, 0.25) is 0 Å². The number of nitrogen functional groups attached to an aromatic ring is 1. The van der Waals surface area contributed by atoms with E-state index in [1.165, 1.54) is 6.20 Å². The number of anilines is 2. The van der Waals surface area contributed by atoms with Crippen LogP contribution in [-0.2, 0) is 4.79 Å². The number of nitrogens with two attached hydrogens (primary N) is 1. The summed E-state index contributed by atoms with van der Waals surface area (Å²) in [5.74, 6) is 0.801. The van der Waals surface area contributed by atoms with Crippen LogP contribution in [0.3, 0.4) is 0 Å². The van der Waals surface area contributed by atoms with Gasteiger partial charge in [0.25, 0.3) is 0 Å². The lowest BCUT2D eigenvalue weighted by molar-refractivity contribution is -0.117. The van der Waals surface area contributed by atoms with Gasteiger partial charge in [-0.25, -0.2) is 0 Å². The Morgan fingerprint density at radius 1 is 1.59 bits per heavy atom. The van der Waals surface area contributed by atoms with Crippen molar-refractivity contribution in [2.24, 2.45) is 11.3 Å². The van der Waals surface area contributed by atoms with Crippen molar-refractivity contribution in [3.05, 3.63) is 6.20 Å². The molecule has 1 aromatic heterocycles. The van der Waals surface area contributed by atoms with E-state index in [0.29, 0.717) is 23.8 Å². The van der Waals surface area contributed by atoms with Gasteiger partial charge in [0.1, 0.15) is 0 Å². The van der Waals surface area contributed by atoms with Crippen molar-refractivity contribution in [1.82, 2.24) is 10.2 Å². The second-order valence-corrected chi connectivity index (χ2v) is 5.82. The van der Waals surface area contributed by atoms with E-state index >= 15 is 0 Å². The van der Waals surface area contributed by atoms with Gasteiger partial charge >= 0.3 is 0 Å². The summed E-state index contributed by atoms with van der Waals surface area (Å²) in [4.78, 5) is 11.7. The minimum atomic E-state index is -0.0299. The maximum Gasteiger partial charge on any atom is 0.225 e. The van der Waals surface area contributed by atoms with Gasteiger partial charge in [-0.05, 0) is 17.8 Å². The van der Waals surface area contributed by atoms with Crippen molar-refractivity contribution in [1.29, 1.82) is 0 Å². The Balaban J connectivity index is 2.43. The van der Waals surface area contributed by atoms with Gasteiger partial charge in [0, 0.05) is 6.42 Å². The van der Waals surface area contributed by atoms with Gasteiger partial charge in [0.15, 0.2) is 5.82 Å². The highest BCUT2D eigenvalue weighted by atomic mass is 16.1. The first-order chi connectivity index (χ1) is 7.78. The summed E-state index contributed by atoms with van der Waals surface area (Å²) in [6.45, 7) is 8.61. The average Bonchev–Trinajstić information content (AvgIpc) is 2.47. The molecule has 1 unspecified atom stereocenters. The highest BCUT2D eigenvalue weighted by molar-refractivity contribution is 5.92. The molecule has 0 spiro atoms. The summed E-state index contributed by atoms with van der Waals surface area (Å²) in [6, 6.07) is 0. The number of carbonyl (C=O) groups is 1. The van der Waals surface area contributed by atoms with Crippen molar-refractivity contribution in [3.63, 3.8) is 0 Å². The Morgan fingerprint density at radius 2 is 2.24 bits per heavy atom. The molecule has 0 saturated heterocycles. The summed E-state index contributed by atoms with van der Waals surface area (Å²) in [6.07, 6.45) is 2.99. The van der Waals surface area contributed by atoms with Gasteiger partial charge in [0.2, 0.25) is 5.91 Å². The Hall–Kier alpha value is -1.52. The zero-order valence-electron chi connectivity index (χ0n) is 11.0. The van der Waals surface area contributed by atoms with Crippen LogP contribution in [0.25, 0.3) is 0 Å². The first kappa shape index (κ1) is 13.5. The van der Waals surface area contributed by atoms with E-state index in [1.807, 2.05) is 0 Å². The van der Waals surface area contributed by atoms with Crippen LogP contribution in [-0.4, -0.2) is 16.1 Å². The van der Waals surface area contributed by atoms with Gasteiger partial charge in [-0.3, -0.25) is 9.89 Å². The molecule has 5 nitrogen and oxygen atoms in total. The van der Waals surface area contributed by atoms with Crippen molar-refractivity contribution in [3.8, 4) is 0 Å². The maximum atomic E-state index is 11.7. The standard InChI is InChI=1S/C12H22N4O/c1-8(6-12(2,3)4)5-10(17)15-11-9(13)7-14-16-11/h7-8H,5-6,13H2,1-4H3,(H2,14,15,16,17). The number of hydrogen-bond acceptors (Lipinski definition) is 3. The summed E-state index contributed by atoms with van der Waals surface area (Å²) in [5.41, 5.74) is 6.32. The van der Waals surface area contributed by atoms with E-state index in [2.05, 4.69) is 43.2 Å². The minimum absolute atomic E-state index is 0.0299. The van der Waals surface area contributed by atoms with Gasteiger partial charge in [0.05, 0.1) is 11.9 Å². The van der Waals surface area contributed by atoms with Crippen LogP contribution in [0, 0.1) is 11.3 Å². The van der Waals surface area contributed by atoms with Crippen LogP contribution in [0.15, 0.2) is 6.20 Å². The van der Waals surface area contributed by atoms with E-state index in [1.54, 1.807) is 0 Å². The highest BCUT2D eigenvalue weighted by Crippen LogP contribution is 2.26. The van der Waals surface area contributed by atoms with Crippen LogP contribution in [0.5, 0.6) is 0 Å². The van der Waals surface area contributed by atoms with Crippen LogP contribution in [0.1, 0.15) is 40.5 Å². The molecule has 0 aliphatic heterocycles. The zero-order chi connectivity index (χ0) is 13.1. The number of H-pyrrole nitrogens is 1. The average molecular weight is 238 g/mol. The quantitative estimate of drug-likeness (QED) is 0.753. The first-order valence-electron chi connectivity index (χ1n) is 5.86. The largest absolute Gasteiger partial charge is 0.394 e. The predicted molar refractivity (Wildman–Crippen MR) is 69.5 cm³/mol. The molecule has 96 valence electrons. The van der Waals surface area contributed by atoms with Crippen molar-refractivity contribution >= 4 is 17.4 Å². The van der Waals surface area contributed by atoms with E-state index < -0.39 is 0 Å². The number of aromatic amines is 1. The second-order valence-electron chi connectivity index (χ2n) is 5.82. The summed E-state index contributed by atoms with van der Waals surface area (Å²) in [5, 5.41) is 9.12. The Kier molecular flexibility index (Phi) is 4.15. The number of carbonyl (C=O) groups excluding carboxylic acids is 1. The minimum Gasteiger partial charge on any atom is -0.394 e. The Labute approximate surface area is 102 Å². The molecule has 1 amide bonds. The maximum absolute atomic E-state index is 11.7. The van der Waals surface area contributed by atoms with Gasteiger partial charge < -0.3 is 11.1 Å². The molecular formula is C12H22N4O. The predicted octanol–water partition coefficient (Wildman–Crippen LogP) is 2.39. The highest BCUT2D eigenvalue weighted by Gasteiger charge is 2.18. The van der Waals surface area contributed by atoms with E-state index in [0.717, 1.165) is 6.42 Å². The summed E-state index contributed by atoms with van der Waals surface area (Å²) < 4.78 is 0. The monoisotopic (exact) mass is 238 g/mol. The molecule has 1 heterocycles. The number of nitrogens with one attached hydrogen (secondary N) is 2. The molecule has 1 rings (SSSR count). The van der Waals surface area contributed by atoms with Crippen molar-refractivity contribution < 1.29 is 4.79 Å². The normalized spacial score (nSPS) is 13.4. The summed E-state index contributed by atoms with van der Waals surface area (Å²) >= 11 is 0. The number of aromatic nitrogens is 2. The Bertz CT molecular complexity index is 378. The molecule has 0 aliphatic rings. The third-order valence-electron chi connectivity index (χ3n) is 2.43. The molecule has 4 N–H and O–H groups in total. The fourth-order valence-corrected chi connectivity index (χ4v) is 2.02. The van der Waals surface area contributed by atoms with Crippen molar-refractivity contribution in [2.45, 2.75) is 40.5 Å². The second kappa shape index (κ2) is 5.21. The SMILES string of the molecule is CC(CC(=O)Nc1[nH]ncc1N)CC(C)(C)C. The summed E-state index contributed by atoms with van der Waals surface area (Å²) in [7, 11) is 0. The molecule has 0 bridgehead atoms. The number of nitrogens with zero attached hydrogens (tertiary/aromatic N) is 1. The topological polar surface area (TPSA) is 83.8 Å². The van der Waals surface area contributed by atoms with Gasteiger partial charge in [-0.15, -0.1) is 0 Å². The molecule has 5 heteroatoms. The molecular weight excluding hydrogens is 216 g/mol. The lowest BCUT2D eigenvalue weighted by Crippen LogP contribution is -2.19. The molecule has 1 aromatic rings. The lowest BCUT2D eigenvalue weighted by Gasteiger charge is -2.22. The van der Waals surface area contributed by atoms with Crippen LogP contribution < -0.4 is 11.1 Å². The Morgan fingerprint density at radius 3 is 2.71 bits per heavy atom. The zero-order valence-corrected chi connectivity index (χ0v) is 11.0. The van der Waals surface area contributed by atoms with Gasteiger partial charge in [-0.1, -0.05) is 27.7 Å². The van der Waals surface area contributed by atoms with E-state index in [4.69, 9.17) is 5.73 Å². The molecule has 0 radical (unpaired) electrons. The van der Waals surface area contributed by atoms with Gasteiger partial charge in [-0.2, -0.15) is 5.10 Å². The van der Waals surface area contributed by atoms with Crippen LogP contribution >= 0.6 is 0 Å². The van der Waals surface area contributed by atoms with E-state index in [-0.39, 0.29) is 11.3 Å². The van der Waals surface area contributed by atoms with Crippen molar-refractivity contribution in [2.75, 3.05) is 11.1 Å². The molecule has 0 aromatic carbocycles.